The maximum Gasteiger partial charge on any atom is 0.244 e. The van der Waals surface area contributed by atoms with E-state index in [2.05, 4.69) is 10.3 Å². The number of carbonyl (C=O) groups is 2. The Morgan fingerprint density at radius 1 is 1.41 bits per heavy atom. The highest BCUT2D eigenvalue weighted by molar-refractivity contribution is 7.73. The quantitative estimate of drug-likeness (QED) is 0.729. The number of H-pyrrole nitrogens is 1. The summed E-state index contributed by atoms with van der Waals surface area (Å²) in [4.78, 5) is 27.4. The standard InChI is InChI=1S/C14H14FN3O2S2/c1-7-10(22-14(21)17-7)6-11(19)18-12(13(16)20)8-2-4-9(15)5-3-8/h2-5,12H,6H2,1H3,(H2,16,20)(H,17,21)(H,18,19). The first-order chi connectivity index (χ1) is 10.4. The minimum atomic E-state index is -1.000. The Morgan fingerprint density at radius 3 is 2.55 bits per heavy atom. The summed E-state index contributed by atoms with van der Waals surface area (Å²) in [7, 11) is 0. The van der Waals surface area contributed by atoms with Gasteiger partial charge >= 0.3 is 0 Å². The predicted octanol–water partition coefficient (Wildman–Crippen LogP) is 2.14. The maximum atomic E-state index is 12.9. The van der Waals surface area contributed by atoms with E-state index < -0.39 is 17.8 Å². The van der Waals surface area contributed by atoms with Crippen LogP contribution in [-0.4, -0.2) is 16.8 Å². The van der Waals surface area contributed by atoms with Crippen molar-refractivity contribution in [2.24, 2.45) is 5.73 Å². The van der Waals surface area contributed by atoms with E-state index in [9.17, 15) is 14.0 Å². The van der Waals surface area contributed by atoms with Gasteiger partial charge in [0.1, 0.15) is 11.9 Å². The topological polar surface area (TPSA) is 88.0 Å². The minimum Gasteiger partial charge on any atom is -0.368 e. The highest BCUT2D eigenvalue weighted by Gasteiger charge is 2.21. The molecule has 1 heterocycles. The van der Waals surface area contributed by atoms with Crippen molar-refractivity contribution in [1.29, 1.82) is 0 Å². The number of rotatable bonds is 5. The van der Waals surface area contributed by atoms with E-state index in [1.54, 1.807) is 0 Å². The van der Waals surface area contributed by atoms with Crippen molar-refractivity contribution in [3.63, 3.8) is 0 Å². The molecule has 1 aromatic heterocycles. The van der Waals surface area contributed by atoms with Gasteiger partial charge in [0.15, 0.2) is 3.95 Å². The van der Waals surface area contributed by atoms with E-state index in [0.29, 0.717) is 9.52 Å². The van der Waals surface area contributed by atoms with Gasteiger partial charge in [-0.05, 0) is 36.8 Å². The van der Waals surface area contributed by atoms with Crippen LogP contribution in [0.3, 0.4) is 0 Å². The van der Waals surface area contributed by atoms with Gasteiger partial charge in [0.05, 0.1) is 6.42 Å². The average molecular weight is 339 g/mol. The second-order valence-electron chi connectivity index (χ2n) is 4.69. The van der Waals surface area contributed by atoms with Crippen LogP contribution in [-0.2, 0) is 16.0 Å². The zero-order valence-electron chi connectivity index (χ0n) is 11.7. The number of thiazole rings is 1. The number of hydrogen-bond acceptors (Lipinski definition) is 4. The molecule has 5 nitrogen and oxygen atoms in total. The summed E-state index contributed by atoms with van der Waals surface area (Å²) >= 11 is 6.32. The Bertz CT molecular complexity index is 752. The van der Waals surface area contributed by atoms with E-state index in [-0.39, 0.29) is 12.3 Å². The molecule has 0 radical (unpaired) electrons. The molecule has 0 aliphatic rings. The normalized spacial score (nSPS) is 11.9. The van der Waals surface area contributed by atoms with Gasteiger partial charge in [-0.3, -0.25) is 9.59 Å². The molecule has 2 amide bonds. The number of carbonyl (C=O) groups excluding carboxylic acids is 2. The number of aromatic nitrogens is 1. The molecule has 0 aliphatic carbocycles. The molecule has 0 aliphatic heterocycles. The molecule has 1 unspecified atom stereocenters. The van der Waals surface area contributed by atoms with Crippen molar-refractivity contribution in [3.8, 4) is 0 Å². The average Bonchev–Trinajstić information content (AvgIpc) is 2.75. The summed E-state index contributed by atoms with van der Waals surface area (Å²) in [6, 6.07) is 4.24. The summed E-state index contributed by atoms with van der Waals surface area (Å²) in [5.74, 6) is -1.50. The molecule has 4 N–H and O–H groups in total. The highest BCUT2D eigenvalue weighted by Crippen LogP contribution is 2.17. The lowest BCUT2D eigenvalue weighted by Crippen LogP contribution is -2.38. The summed E-state index contributed by atoms with van der Waals surface area (Å²) in [5, 5.41) is 2.56. The molecule has 22 heavy (non-hydrogen) atoms. The van der Waals surface area contributed by atoms with Gasteiger partial charge in [-0.15, -0.1) is 11.3 Å². The zero-order valence-corrected chi connectivity index (χ0v) is 13.3. The smallest absolute Gasteiger partial charge is 0.244 e. The molecular formula is C14H14FN3O2S2. The number of primary amides is 1. The number of nitrogens with one attached hydrogen (secondary N) is 2. The molecule has 0 fully saturated rings. The van der Waals surface area contributed by atoms with Crippen LogP contribution in [0, 0.1) is 16.7 Å². The second kappa shape index (κ2) is 6.80. The molecular weight excluding hydrogens is 325 g/mol. The molecule has 2 rings (SSSR count). The molecule has 1 aromatic carbocycles. The van der Waals surface area contributed by atoms with Gasteiger partial charge < -0.3 is 16.0 Å². The van der Waals surface area contributed by atoms with Crippen LogP contribution in [0.5, 0.6) is 0 Å². The minimum absolute atomic E-state index is 0.0919. The number of aromatic amines is 1. The lowest BCUT2D eigenvalue weighted by atomic mass is 10.1. The Hall–Kier alpha value is -2.06. The van der Waals surface area contributed by atoms with Crippen molar-refractivity contribution in [1.82, 2.24) is 10.3 Å². The van der Waals surface area contributed by atoms with Crippen molar-refractivity contribution in [2.75, 3.05) is 0 Å². The first-order valence-corrected chi connectivity index (χ1v) is 7.62. The van der Waals surface area contributed by atoms with Crippen molar-refractivity contribution < 1.29 is 14.0 Å². The molecule has 0 spiro atoms. The maximum absolute atomic E-state index is 12.9. The number of halogens is 1. The summed E-state index contributed by atoms with van der Waals surface area (Å²) < 4.78 is 13.5. The van der Waals surface area contributed by atoms with Crippen LogP contribution < -0.4 is 11.1 Å². The van der Waals surface area contributed by atoms with Gasteiger partial charge in [-0.2, -0.15) is 0 Å². The fourth-order valence-electron chi connectivity index (χ4n) is 1.94. The molecule has 0 saturated carbocycles. The summed E-state index contributed by atoms with van der Waals surface area (Å²) in [5.41, 5.74) is 6.57. The highest BCUT2D eigenvalue weighted by atomic mass is 32.1. The number of benzene rings is 1. The molecule has 2 aromatic rings. The van der Waals surface area contributed by atoms with E-state index in [0.717, 1.165) is 10.6 Å². The predicted molar refractivity (Wildman–Crippen MR) is 84.4 cm³/mol. The zero-order chi connectivity index (χ0) is 16.3. The van der Waals surface area contributed by atoms with Crippen molar-refractivity contribution in [3.05, 3.63) is 50.2 Å². The number of aryl methyl sites for hydroxylation is 1. The lowest BCUT2D eigenvalue weighted by molar-refractivity contribution is -0.127. The fraction of sp³-hybridized carbons (Fsp3) is 0.214. The van der Waals surface area contributed by atoms with Crippen molar-refractivity contribution in [2.45, 2.75) is 19.4 Å². The fourth-order valence-corrected chi connectivity index (χ4v) is 3.23. The van der Waals surface area contributed by atoms with E-state index in [4.69, 9.17) is 18.0 Å². The Labute approximate surface area is 135 Å². The van der Waals surface area contributed by atoms with Gasteiger partial charge in [0, 0.05) is 10.6 Å². The second-order valence-corrected chi connectivity index (χ2v) is 6.47. The molecule has 1 atom stereocenters. The Balaban J connectivity index is 2.12. The number of amides is 2. The summed E-state index contributed by atoms with van der Waals surface area (Å²) in [6.07, 6.45) is 0.0919. The third-order valence-electron chi connectivity index (χ3n) is 3.04. The van der Waals surface area contributed by atoms with Gasteiger partial charge in [-0.25, -0.2) is 4.39 Å². The molecule has 8 heteroatoms. The third kappa shape index (κ3) is 3.99. The van der Waals surface area contributed by atoms with Crippen LogP contribution >= 0.6 is 23.6 Å². The van der Waals surface area contributed by atoms with Gasteiger partial charge in [0.2, 0.25) is 11.8 Å². The largest absolute Gasteiger partial charge is 0.368 e. The molecule has 116 valence electrons. The first kappa shape index (κ1) is 16.3. The Morgan fingerprint density at radius 2 is 2.05 bits per heavy atom. The van der Waals surface area contributed by atoms with E-state index >= 15 is 0 Å². The van der Waals surface area contributed by atoms with Crippen LogP contribution in [0.25, 0.3) is 0 Å². The number of hydrogen-bond donors (Lipinski definition) is 3. The molecule has 0 bridgehead atoms. The third-order valence-corrected chi connectivity index (χ3v) is 4.37. The Kier molecular flexibility index (Phi) is 5.04. The first-order valence-electron chi connectivity index (χ1n) is 6.39. The lowest BCUT2D eigenvalue weighted by Gasteiger charge is -2.15. The molecule has 0 saturated heterocycles. The monoisotopic (exact) mass is 339 g/mol. The van der Waals surface area contributed by atoms with Crippen molar-refractivity contribution >= 4 is 35.4 Å². The van der Waals surface area contributed by atoms with Gasteiger partial charge in [-0.1, -0.05) is 12.1 Å². The van der Waals surface area contributed by atoms with E-state index in [1.807, 2.05) is 6.92 Å². The van der Waals surface area contributed by atoms with E-state index in [1.165, 1.54) is 35.6 Å². The SMILES string of the molecule is Cc1[nH]c(=S)sc1CC(=O)NC(C(N)=O)c1ccc(F)cc1. The van der Waals surface area contributed by atoms with Crippen LogP contribution in [0.1, 0.15) is 22.2 Å². The van der Waals surface area contributed by atoms with Crippen LogP contribution in [0.2, 0.25) is 0 Å². The summed E-state index contributed by atoms with van der Waals surface area (Å²) in [6.45, 7) is 1.82. The van der Waals surface area contributed by atoms with Crippen LogP contribution in [0.4, 0.5) is 4.39 Å². The van der Waals surface area contributed by atoms with Crippen LogP contribution in [0.15, 0.2) is 24.3 Å². The number of nitrogens with two attached hydrogens (primary N) is 1. The van der Waals surface area contributed by atoms with Gasteiger partial charge in [0.25, 0.3) is 0 Å².